The minimum Gasteiger partial charge on any atom is -0.462 e. The lowest BCUT2D eigenvalue weighted by atomic mass is 10.0. The summed E-state index contributed by atoms with van der Waals surface area (Å²) in [5.74, 6) is -0.807. The summed E-state index contributed by atoms with van der Waals surface area (Å²) < 4.78 is 34.6. The van der Waals surface area contributed by atoms with Crippen LogP contribution in [0, 0.1) is 0 Å². The molecule has 0 rings (SSSR count). The van der Waals surface area contributed by atoms with Crippen LogP contribution < -0.4 is 0 Å². The van der Waals surface area contributed by atoms with Crippen molar-refractivity contribution in [2.75, 3.05) is 47.5 Å². The van der Waals surface area contributed by atoms with Crippen LogP contribution in [-0.4, -0.2) is 74.9 Å². The predicted octanol–water partition coefficient (Wildman–Crippen LogP) is 21.1. The van der Waals surface area contributed by atoms with E-state index in [0.29, 0.717) is 17.4 Å². The Kier molecular flexibility index (Phi) is 58.3. The highest BCUT2D eigenvalue weighted by Gasteiger charge is 2.27. The van der Waals surface area contributed by atoms with E-state index >= 15 is 0 Å². The second-order valence-electron chi connectivity index (χ2n) is 22.8. The Morgan fingerprint density at radius 1 is 0.395 bits per heavy atom. The number of rotatable bonds is 59. The highest BCUT2D eigenvalue weighted by atomic mass is 31.2. The van der Waals surface area contributed by atoms with E-state index in [4.69, 9.17) is 18.5 Å². The number of phosphoric ester groups is 1. The lowest BCUT2D eigenvalue weighted by Gasteiger charge is -2.24. The molecule has 0 spiro atoms. The number of nitrogens with zero attached hydrogens (tertiary/aromatic N) is 1. The molecule has 0 saturated carbocycles. The first kappa shape index (κ1) is 77.4. The molecule has 464 valence electrons. The lowest BCUT2D eigenvalue weighted by molar-refractivity contribution is -0.870. The molecule has 2 unspecified atom stereocenters. The molecule has 0 saturated heterocycles. The molecule has 0 aliphatic heterocycles. The Bertz CT molecular complexity index is 1780. The number of hydrogen-bond acceptors (Lipinski definition) is 7. The van der Waals surface area contributed by atoms with Crippen LogP contribution in [0.3, 0.4) is 0 Å². The molecule has 0 aliphatic rings. The summed E-state index contributed by atoms with van der Waals surface area (Å²) in [6.07, 6.45) is 87.1. The average Bonchev–Trinajstić information content (AvgIpc) is 3.43. The zero-order valence-corrected chi connectivity index (χ0v) is 53.6. The highest BCUT2D eigenvalue weighted by molar-refractivity contribution is 7.47. The topological polar surface area (TPSA) is 108 Å². The summed E-state index contributed by atoms with van der Waals surface area (Å²) >= 11 is 0. The smallest absolute Gasteiger partial charge is 0.462 e. The number of unbranched alkanes of at least 4 members (excludes halogenated alkanes) is 25. The molecule has 2 atom stereocenters. The van der Waals surface area contributed by atoms with Crippen molar-refractivity contribution >= 4 is 19.8 Å². The molecule has 81 heavy (non-hydrogen) atoms. The number of likely N-dealkylation sites (N-methyl/N-ethyl adjacent to an activating group) is 1. The van der Waals surface area contributed by atoms with Crippen LogP contribution in [0.1, 0.15) is 264 Å². The van der Waals surface area contributed by atoms with Gasteiger partial charge in [-0.25, -0.2) is 4.57 Å². The zero-order valence-electron chi connectivity index (χ0n) is 52.7. The molecule has 0 aliphatic carbocycles. The van der Waals surface area contributed by atoms with E-state index in [1.54, 1.807) is 0 Å². The fourth-order valence-corrected chi connectivity index (χ4v) is 9.45. The van der Waals surface area contributed by atoms with E-state index < -0.39 is 26.5 Å². The Morgan fingerprint density at radius 2 is 0.704 bits per heavy atom. The second kappa shape index (κ2) is 61.0. The van der Waals surface area contributed by atoms with Gasteiger partial charge in [-0.2, -0.15) is 0 Å². The van der Waals surface area contributed by atoms with Crippen molar-refractivity contribution in [1.82, 2.24) is 0 Å². The van der Waals surface area contributed by atoms with Gasteiger partial charge in [0.15, 0.2) is 6.10 Å². The molecule has 0 aromatic heterocycles. The third kappa shape index (κ3) is 65.4. The maximum atomic E-state index is 12.8. The van der Waals surface area contributed by atoms with Crippen molar-refractivity contribution < 1.29 is 42.1 Å². The summed E-state index contributed by atoms with van der Waals surface area (Å²) in [6, 6.07) is 0. The number of ether oxygens (including phenoxy) is 2. The maximum Gasteiger partial charge on any atom is 0.472 e. The number of esters is 2. The van der Waals surface area contributed by atoms with Crippen LogP contribution >= 0.6 is 7.82 Å². The number of quaternary nitrogens is 1. The van der Waals surface area contributed by atoms with Gasteiger partial charge in [0.1, 0.15) is 19.8 Å². The van der Waals surface area contributed by atoms with Crippen molar-refractivity contribution in [2.45, 2.75) is 270 Å². The Labute approximate surface area is 498 Å². The molecule has 0 amide bonds. The normalized spacial score (nSPS) is 14.0. The number of carbonyl (C=O) groups excluding carboxylic acids is 2. The first-order valence-electron chi connectivity index (χ1n) is 32.8. The van der Waals surface area contributed by atoms with Gasteiger partial charge in [0, 0.05) is 12.8 Å². The van der Waals surface area contributed by atoms with Gasteiger partial charge in [0.25, 0.3) is 0 Å². The van der Waals surface area contributed by atoms with Crippen LogP contribution in [0.15, 0.2) is 122 Å². The number of phosphoric acid groups is 1. The van der Waals surface area contributed by atoms with Gasteiger partial charge in [0.2, 0.25) is 0 Å². The first-order chi connectivity index (χ1) is 39.5. The third-order valence-electron chi connectivity index (χ3n) is 13.7. The predicted molar refractivity (Wildman–Crippen MR) is 348 cm³/mol. The van der Waals surface area contributed by atoms with Gasteiger partial charge >= 0.3 is 19.8 Å². The van der Waals surface area contributed by atoms with Crippen LogP contribution in [0.25, 0.3) is 0 Å². The second-order valence-corrected chi connectivity index (χ2v) is 24.2. The zero-order chi connectivity index (χ0) is 59.1. The van der Waals surface area contributed by atoms with Gasteiger partial charge in [-0.3, -0.25) is 18.6 Å². The van der Waals surface area contributed by atoms with Crippen LogP contribution in [0.5, 0.6) is 0 Å². The number of hydrogen-bond donors (Lipinski definition) is 1. The number of allylic oxidation sites excluding steroid dienone is 20. The number of carbonyl (C=O) groups is 2. The minimum absolute atomic E-state index is 0.0261. The van der Waals surface area contributed by atoms with E-state index in [1.807, 2.05) is 21.1 Å². The SMILES string of the molecule is CC/C=C\C/C=C\C/C=C\C/C=C\C/C=C\C/C=C\C/C=C\C/C=C\CCCCCCCCCCCCCCCCC(=O)OC(COC(=O)CCCCCCCCC/C=C\C/C=C\CCCCCC)COP(=O)(O)OCC[N+](C)(C)C. The molecule has 0 heterocycles. The maximum absolute atomic E-state index is 12.8. The monoisotopic (exact) mass is 1150 g/mol. The molecule has 0 bridgehead atoms. The summed E-state index contributed by atoms with van der Waals surface area (Å²) in [5.41, 5.74) is 0. The fourth-order valence-electron chi connectivity index (χ4n) is 8.71. The molecule has 10 heteroatoms. The quantitative estimate of drug-likeness (QED) is 0.0211. The summed E-state index contributed by atoms with van der Waals surface area (Å²) in [5, 5.41) is 0. The van der Waals surface area contributed by atoms with E-state index in [2.05, 4.69) is 135 Å². The standard InChI is InChI=1S/C71H122NO8P/c1-6-8-10-12-14-16-18-20-22-24-26-27-28-29-30-31-32-33-34-35-36-37-38-39-40-41-42-43-44-45-46-48-50-52-54-56-58-60-62-64-71(74)80-69(68-79-81(75,76)78-66-65-72(3,4)5)67-77-70(73)63-61-59-57-55-53-51-49-47-25-23-21-19-17-15-13-11-9-7-2/h8,10,14,16-17,19-20,22-23,25-27,29-30,32-33,35-36,38-39,69H,6-7,9,11-13,15,18,21,24,28,31,34,37,40-68H2,1-5H3/p+1/b10-8-,16-14-,19-17-,22-20-,25-23-,27-26-,30-29-,33-32-,36-35-,39-38-. The van der Waals surface area contributed by atoms with Gasteiger partial charge in [0.05, 0.1) is 27.7 Å². The molecule has 0 aromatic carbocycles. The van der Waals surface area contributed by atoms with Crippen molar-refractivity contribution in [2.24, 2.45) is 0 Å². The van der Waals surface area contributed by atoms with Crippen LogP contribution in [0.2, 0.25) is 0 Å². The van der Waals surface area contributed by atoms with Gasteiger partial charge in [-0.05, 0) is 109 Å². The van der Waals surface area contributed by atoms with Gasteiger partial charge in [-0.1, -0.05) is 264 Å². The molecule has 9 nitrogen and oxygen atoms in total. The summed E-state index contributed by atoms with van der Waals surface area (Å²) in [4.78, 5) is 35.8. The Morgan fingerprint density at radius 3 is 1.05 bits per heavy atom. The van der Waals surface area contributed by atoms with Crippen molar-refractivity contribution in [3.63, 3.8) is 0 Å². The molecular formula is C71H123NO8P+. The summed E-state index contributed by atoms with van der Waals surface area (Å²) in [7, 11) is 1.47. The van der Waals surface area contributed by atoms with Gasteiger partial charge < -0.3 is 18.9 Å². The van der Waals surface area contributed by atoms with E-state index in [1.165, 1.54) is 122 Å². The lowest BCUT2D eigenvalue weighted by Crippen LogP contribution is -2.37. The van der Waals surface area contributed by atoms with Crippen molar-refractivity contribution in [3.05, 3.63) is 122 Å². The van der Waals surface area contributed by atoms with E-state index in [0.717, 1.165) is 109 Å². The largest absolute Gasteiger partial charge is 0.472 e. The average molecular weight is 1150 g/mol. The van der Waals surface area contributed by atoms with Crippen molar-refractivity contribution in [3.8, 4) is 0 Å². The third-order valence-corrected chi connectivity index (χ3v) is 14.7. The van der Waals surface area contributed by atoms with Crippen molar-refractivity contribution in [1.29, 1.82) is 0 Å². The van der Waals surface area contributed by atoms with E-state index in [9.17, 15) is 19.0 Å². The molecule has 0 aromatic rings. The summed E-state index contributed by atoms with van der Waals surface area (Å²) in [6.45, 7) is 4.30. The van der Waals surface area contributed by atoms with Gasteiger partial charge in [-0.15, -0.1) is 0 Å². The molecular weight excluding hydrogens is 1030 g/mol. The minimum atomic E-state index is -4.40. The molecule has 0 radical (unpaired) electrons. The fraction of sp³-hybridized carbons (Fsp3) is 0.690. The first-order valence-corrected chi connectivity index (χ1v) is 34.3. The Balaban J connectivity index is 4.06. The van der Waals surface area contributed by atoms with E-state index in [-0.39, 0.29) is 32.0 Å². The van der Waals surface area contributed by atoms with Crippen LogP contribution in [-0.2, 0) is 32.7 Å². The van der Waals surface area contributed by atoms with Crippen LogP contribution in [0.4, 0.5) is 0 Å². The highest BCUT2D eigenvalue weighted by Crippen LogP contribution is 2.43. The Hall–Kier alpha value is -3.59. The molecule has 1 N–H and O–H groups in total. The molecule has 0 fully saturated rings.